The maximum atomic E-state index is 11.9. The van der Waals surface area contributed by atoms with E-state index in [4.69, 9.17) is 9.84 Å². The van der Waals surface area contributed by atoms with Gasteiger partial charge in [0.15, 0.2) is 0 Å². The summed E-state index contributed by atoms with van der Waals surface area (Å²) in [7, 11) is 0. The molecule has 0 saturated carbocycles. The van der Waals surface area contributed by atoms with E-state index in [-0.39, 0.29) is 0 Å². The van der Waals surface area contributed by atoms with Crippen LogP contribution in [0.1, 0.15) is 19.3 Å². The molecule has 1 saturated heterocycles. The molecular weight excluding hydrogens is 173 g/mol. The molecule has 2 unspecified atom stereocenters. The molecule has 1 rings (SSSR count). The Balaban J connectivity index is 2.11. The summed E-state index contributed by atoms with van der Waals surface area (Å²) in [5, 5.41) is 12.1. The van der Waals surface area contributed by atoms with Gasteiger partial charge in [-0.2, -0.15) is 0 Å². The van der Waals surface area contributed by atoms with Gasteiger partial charge >= 0.3 is 0 Å². The second-order valence-corrected chi connectivity index (χ2v) is 3.46. The molecule has 0 aliphatic carbocycles. The van der Waals surface area contributed by atoms with Gasteiger partial charge in [0.1, 0.15) is 6.67 Å². The van der Waals surface area contributed by atoms with E-state index >= 15 is 0 Å². The third-order valence-corrected chi connectivity index (χ3v) is 2.27. The fourth-order valence-electron chi connectivity index (χ4n) is 1.47. The van der Waals surface area contributed by atoms with Crippen LogP contribution in [0.15, 0.2) is 0 Å². The number of hydrogen-bond donors (Lipinski definition) is 2. The highest BCUT2D eigenvalue weighted by Crippen LogP contribution is 2.07. The minimum Gasteiger partial charge on any atom is -0.389 e. The Hall–Kier alpha value is -0.190. The summed E-state index contributed by atoms with van der Waals surface area (Å²) < 4.78 is 17.2. The Morgan fingerprint density at radius 1 is 1.46 bits per heavy atom. The largest absolute Gasteiger partial charge is 0.389 e. The van der Waals surface area contributed by atoms with Gasteiger partial charge in [-0.1, -0.05) is 0 Å². The molecule has 0 amide bonds. The van der Waals surface area contributed by atoms with Crippen molar-refractivity contribution in [1.82, 2.24) is 5.32 Å². The summed E-state index contributed by atoms with van der Waals surface area (Å²) in [5.41, 5.74) is 0. The standard InChI is InChI=1S/C9H18FNO2/c10-6-9(12)7-11-8-2-1-4-13-5-3-8/h8-9,11-12H,1-7H2. The first-order valence-electron chi connectivity index (χ1n) is 4.88. The molecule has 0 bridgehead atoms. The van der Waals surface area contributed by atoms with Crippen molar-refractivity contribution in [3.05, 3.63) is 0 Å². The summed E-state index contributed by atoms with van der Waals surface area (Å²) >= 11 is 0. The first-order valence-corrected chi connectivity index (χ1v) is 4.88. The van der Waals surface area contributed by atoms with Gasteiger partial charge in [0.05, 0.1) is 6.10 Å². The fourth-order valence-corrected chi connectivity index (χ4v) is 1.47. The average Bonchev–Trinajstić information content (AvgIpc) is 2.42. The number of hydrogen-bond acceptors (Lipinski definition) is 3. The van der Waals surface area contributed by atoms with E-state index in [1.54, 1.807) is 0 Å². The van der Waals surface area contributed by atoms with Crippen molar-refractivity contribution in [2.75, 3.05) is 26.4 Å². The Morgan fingerprint density at radius 2 is 2.31 bits per heavy atom. The van der Waals surface area contributed by atoms with Gasteiger partial charge < -0.3 is 15.2 Å². The first kappa shape index (κ1) is 10.9. The number of ether oxygens (including phenoxy) is 1. The molecule has 13 heavy (non-hydrogen) atoms. The van der Waals surface area contributed by atoms with Crippen LogP contribution in [0.3, 0.4) is 0 Å². The number of alkyl halides is 1. The van der Waals surface area contributed by atoms with E-state index in [9.17, 15) is 4.39 Å². The van der Waals surface area contributed by atoms with Crippen molar-refractivity contribution in [3.63, 3.8) is 0 Å². The van der Waals surface area contributed by atoms with Crippen molar-refractivity contribution >= 4 is 0 Å². The van der Waals surface area contributed by atoms with Crippen LogP contribution in [0.5, 0.6) is 0 Å². The molecule has 2 atom stereocenters. The van der Waals surface area contributed by atoms with Crippen LogP contribution in [0.2, 0.25) is 0 Å². The average molecular weight is 191 g/mol. The summed E-state index contributed by atoms with van der Waals surface area (Å²) in [4.78, 5) is 0. The summed E-state index contributed by atoms with van der Waals surface area (Å²) in [6, 6.07) is 0.378. The van der Waals surface area contributed by atoms with Crippen LogP contribution >= 0.6 is 0 Å². The quantitative estimate of drug-likeness (QED) is 0.679. The Bertz CT molecular complexity index is 127. The van der Waals surface area contributed by atoms with Crippen molar-refractivity contribution in [2.45, 2.75) is 31.4 Å². The minimum absolute atomic E-state index is 0.348. The molecule has 1 fully saturated rings. The van der Waals surface area contributed by atoms with Gasteiger partial charge in [-0.15, -0.1) is 0 Å². The lowest BCUT2D eigenvalue weighted by molar-refractivity contribution is 0.129. The molecule has 1 aliphatic rings. The van der Waals surface area contributed by atoms with E-state index in [1.165, 1.54) is 0 Å². The number of rotatable bonds is 4. The fraction of sp³-hybridized carbons (Fsp3) is 1.00. The maximum absolute atomic E-state index is 11.9. The Kier molecular flexibility index (Phi) is 5.27. The van der Waals surface area contributed by atoms with Crippen LogP contribution in [0.4, 0.5) is 4.39 Å². The zero-order valence-corrected chi connectivity index (χ0v) is 7.84. The van der Waals surface area contributed by atoms with E-state index < -0.39 is 12.8 Å². The van der Waals surface area contributed by atoms with Crippen LogP contribution in [-0.2, 0) is 4.74 Å². The highest BCUT2D eigenvalue weighted by molar-refractivity contribution is 4.71. The second kappa shape index (κ2) is 6.29. The van der Waals surface area contributed by atoms with Gasteiger partial charge in [-0.25, -0.2) is 4.39 Å². The van der Waals surface area contributed by atoms with Crippen LogP contribution in [0.25, 0.3) is 0 Å². The van der Waals surface area contributed by atoms with Crippen LogP contribution in [0, 0.1) is 0 Å². The summed E-state index contributed by atoms with van der Waals surface area (Å²) in [6.07, 6.45) is 2.20. The zero-order chi connectivity index (χ0) is 9.52. The molecule has 3 nitrogen and oxygen atoms in total. The molecule has 0 aromatic rings. The van der Waals surface area contributed by atoms with E-state index in [2.05, 4.69) is 5.32 Å². The third-order valence-electron chi connectivity index (χ3n) is 2.27. The molecule has 0 aromatic heterocycles. The lowest BCUT2D eigenvalue weighted by Crippen LogP contribution is -2.36. The van der Waals surface area contributed by atoms with Crippen molar-refractivity contribution in [1.29, 1.82) is 0 Å². The highest BCUT2D eigenvalue weighted by atomic mass is 19.1. The van der Waals surface area contributed by atoms with Crippen molar-refractivity contribution in [2.24, 2.45) is 0 Å². The maximum Gasteiger partial charge on any atom is 0.117 e. The lowest BCUT2D eigenvalue weighted by Gasteiger charge is -2.16. The lowest BCUT2D eigenvalue weighted by atomic mass is 10.1. The van der Waals surface area contributed by atoms with Crippen LogP contribution < -0.4 is 5.32 Å². The molecule has 1 aliphatic heterocycles. The van der Waals surface area contributed by atoms with Crippen molar-refractivity contribution < 1.29 is 14.2 Å². The molecule has 78 valence electrons. The second-order valence-electron chi connectivity index (χ2n) is 3.46. The first-order chi connectivity index (χ1) is 6.33. The third kappa shape index (κ3) is 4.55. The van der Waals surface area contributed by atoms with Gasteiger partial charge in [0, 0.05) is 25.8 Å². The molecule has 0 aromatic carbocycles. The van der Waals surface area contributed by atoms with E-state index in [0.29, 0.717) is 12.6 Å². The van der Waals surface area contributed by atoms with Gasteiger partial charge in [0.25, 0.3) is 0 Å². The smallest absolute Gasteiger partial charge is 0.117 e. The highest BCUT2D eigenvalue weighted by Gasteiger charge is 2.13. The zero-order valence-electron chi connectivity index (χ0n) is 7.84. The van der Waals surface area contributed by atoms with Crippen LogP contribution in [-0.4, -0.2) is 43.7 Å². The topological polar surface area (TPSA) is 41.5 Å². The minimum atomic E-state index is -0.857. The number of aliphatic hydroxyl groups is 1. The molecule has 1 heterocycles. The monoisotopic (exact) mass is 191 g/mol. The Morgan fingerprint density at radius 3 is 3.08 bits per heavy atom. The van der Waals surface area contributed by atoms with Crippen molar-refractivity contribution in [3.8, 4) is 0 Å². The summed E-state index contributed by atoms with van der Waals surface area (Å²) in [6.45, 7) is 1.27. The molecule has 0 spiro atoms. The normalized spacial score (nSPS) is 26.8. The molecular formula is C9H18FNO2. The van der Waals surface area contributed by atoms with Gasteiger partial charge in [-0.3, -0.25) is 0 Å². The number of aliphatic hydroxyl groups excluding tert-OH is 1. The summed E-state index contributed by atoms with van der Waals surface area (Å²) in [5.74, 6) is 0. The molecule has 0 radical (unpaired) electrons. The predicted octanol–water partition coefficient (Wildman–Crippen LogP) is 0.475. The SMILES string of the molecule is OC(CF)CNC1CCCOCC1. The molecule has 2 N–H and O–H groups in total. The van der Waals surface area contributed by atoms with E-state index in [0.717, 1.165) is 32.5 Å². The van der Waals surface area contributed by atoms with E-state index in [1.807, 2.05) is 0 Å². The Labute approximate surface area is 78.3 Å². The van der Waals surface area contributed by atoms with Gasteiger partial charge in [0.2, 0.25) is 0 Å². The molecule has 4 heteroatoms. The predicted molar refractivity (Wildman–Crippen MR) is 48.4 cm³/mol. The van der Waals surface area contributed by atoms with Gasteiger partial charge in [-0.05, 0) is 19.3 Å². The number of nitrogens with one attached hydrogen (secondary N) is 1. The number of halogens is 1.